The number of rotatable bonds is 24. The highest BCUT2D eigenvalue weighted by molar-refractivity contribution is 5.93. The number of aryl methyl sites for hydroxylation is 1. The molecule has 2 amide bonds. The topological polar surface area (TPSA) is 220 Å². The minimum Gasteiger partial charge on any atom is -0.484 e. The normalized spacial score (nSPS) is 12.9. The number of pyridine rings is 1. The fraction of sp³-hybridized carbons (Fsp3) is 0.618. The van der Waals surface area contributed by atoms with Crippen molar-refractivity contribution in [1.82, 2.24) is 25.6 Å². The average Bonchev–Trinajstić information content (AvgIpc) is 3.08. The van der Waals surface area contributed by atoms with Crippen molar-refractivity contribution in [2.45, 2.75) is 103 Å². The number of amides is 2. The van der Waals surface area contributed by atoms with Crippen molar-refractivity contribution >= 4 is 23.4 Å². The van der Waals surface area contributed by atoms with Gasteiger partial charge in [0.05, 0.1) is 37.3 Å². The van der Waals surface area contributed by atoms with E-state index in [2.05, 4.69) is 25.6 Å². The molecule has 272 valence electrons. The van der Waals surface area contributed by atoms with Gasteiger partial charge in [0.2, 0.25) is 0 Å². The molecule has 0 unspecified atom stereocenters. The molecule has 0 aliphatic heterocycles. The first-order valence-corrected chi connectivity index (χ1v) is 16.5. The summed E-state index contributed by atoms with van der Waals surface area (Å²) in [5, 5.41) is 5.58. The van der Waals surface area contributed by atoms with Gasteiger partial charge in [0.15, 0.2) is 17.3 Å². The standard InChI is InChI=1S/C34H53N7O8/c1-23-38-18-26(19-39-23)48-22-30(43)28(12-8-10-14-36)41-32(45)34(4,5)49-20-24-15-25(17-37-16-24)47-21-29(42)27(11-7-9-13-35)40-31(44)33(2,3)46-6/h15-19,27-28H,7-14,20-22,35-36H2,1-6H3,(H,40,44)(H,41,45)/t27-,28-/m0/s1. The summed E-state index contributed by atoms with van der Waals surface area (Å²) in [7, 11) is 1.43. The van der Waals surface area contributed by atoms with Crippen LogP contribution in [0.2, 0.25) is 0 Å². The molecule has 0 aromatic carbocycles. The lowest BCUT2D eigenvalue weighted by atomic mass is 10.0. The van der Waals surface area contributed by atoms with E-state index in [1.54, 1.807) is 46.9 Å². The van der Waals surface area contributed by atoms with Gasteiger partial charge in [-0.25, -0.2) is 9.97 Å². The second kappa shape index (κ2) is 20.5. The maximum Gasteiger partial charge on any atom is 0.252 e. The second-order valence-electron chi connectivity index (χ2n) is 12.6. The summed E-state index contributed by atoms with van der Waals surface area (Å²) in [5.41, 5.74) is 9.40. The molecule has 6 N–H and O–H groups in total. The number of ketones is 2. The number of Topliss-reactive ketones (excluding diaryl/α,β-unsaturated/α-hetero) is 2. The van der Waals surface area contributed by atoms with Gasteiger partial charge in [-0.05, 0) is 97.9 Å². The van der Waals surface area contributed by atoms with E-state index in [0.717, 1.165) is 0 Å². The Morgan fingerprint density at radius 2 is 1.27 bits per heavy atom. The van der Waals surface area contributed by atoms with E-state index in [9.17, 15) is 19.2 Å². The van der Waals surface area contributed by atoms with E-state index in [-0.39, 0.29) is 31.4 Å². The summed E-state index contributed by atoms with van der Waals surface area (Å²) in [6.45, 7) is 8.52. The Bertz CT molecular complexity index is 1350. The number of ether oxygens (including phenoxy) is 4. The molecule has 15 nitrogen and oxygen atoms in total. The zero-order valence-electron chi connectivity index (χ0n) is 29.6. The van der Waals surface area contributed by atoms with Crippen LogP contribution in [-0.4, -0.2) is 95.0 Å². The van der Waals surface area contributed by atoms with Crippen LogP contribution in [0.5, 0.6) is 11.5 Å². The minimum absolute atomic E-state index is 0.00917. The maximum absolute atomic E-state index is 13.3. The number of hydrogen-bond acceptors (Lipinski definition) is 13. The van der Waals surface area contributed by atoms with Gasteiger partial charge in [0.25, 0.3) is 11.8 Å². The number of nitrogens with two attached hydrogens (primary N) is 2. The van der Waals surface area contributed by atoms with Crippen molar-refractivity contribution in [2.75, 3.05) is 33.4 Å². The number of nitrogens with one attached hydrogen (secondary N) is 2. The van der Waals surface area contributed by atoms with Crippen molar-refractivity contribution in [2.24, 2.45) is 11.5 Å². The van der Waals surface area contributed by atoms with Crippen LogP contribution in [0.3, 0.4) is 0 Å². The lowest BCUT2D eigenvalue weighted by molar-refractivity contribution is -0.146. The van der Waals surface area contributed by atoms with E-state index in [0.29, 0.717) is 74.5 Å². The monoisotopic (exact) mass is 687 g/mol. The molecule has 0 fully saturated rings. The van der Waals surface area contributed by atoms with E-state index in [1.165, 1.54) is 25.7 Å². The Labute approximate surface area is 288 Å². The number of hydrogen-bond donors (Lipinski definition) is 4. The summed E-state index contributed by atoms with van der Waals surface area (Å²) in [5.74, 6) is -0.290. The number of carbonyl (C=O) groups is 4. The molecule has 0 radical (unpaired) electrons. The van der Waals surface area contributed by atoms with E-state index in [4.69, 9.17) is 30.4 Å². The predicted molar refractivity (Wildman–Crippen MR) is 182 cm³/mol. The van der Waals surface area contributed by atoms with E-state index < -0.39 is 35.1 Å². The number of methoxy groups -OCH3 is 1. The quantitative estimate of drug-likeness (QED) is 0.116. The Morgan fingerprint density at radius 3 is 1.78 bits per heavy atom. The first-order chi connectivity index (χ1) is 23.2. The lowest BCUT2D eigenvalue weighted by Gasteiger charge is -2.27. The van der Waals surface area contributed by atoms with Gasteiger partial charge >= 0.3 is 0 Å². The lowest BCUT2D eigenvalue weighted by Crippen LogP contribution is -2.51. The Kier molecular flexibility index (Phi) is 17.2. The molecule has 0 aliphatic carbocycles. The van der Waals surface area contributed by atoms with E-state index >= 15 is 0 Å². The van der Waals surface area contributed by atoms with Gasteiger partial charge in [0.1, 0.15) is 36.0 Å². The molecule has 2 heterocycles. The first-order valence-electron chi connectivity index (χ1n) is 16.5. The average molecular weight is 688 g/mol. The molecule has 2 rings (SSSR count). The zero-order chi connectivity index (χ0) is 36.5. The van der Waals surface area contributed by atoms with Crippen LogP contribution in [0.15, 0.2) is 30.9 Å². The highest BCUT2D eigenvalue weighted by Crippen LogP contribution is 2.18. The summed E-state index contributed by atoms with van der Waals surface area (Å²) >= 11 is 0. The summed E-state index contributed by atoms with van der Waals surface area (Å²) in [6.07, 6.45) is 9.44. The molecule has 0 aliphatic rings. The molecule has 15 heteroatoms. The van der Waals surface area contributed by atoms with Crippen LogP contribution >= 0.6 is 0 Å². The fourth-order valence-corrected chi connectivity index (χ4v) is 4.29. The Morgan fingerprint density at radius 1 is 0.755 bits per heavy atom. The van der Waals surface area contributed by atoms with Gasteiger partial charge in [-0.1, -0.05) is 0 Å². The minimum atomic E-state index is -1.32. The molecule has 49 heavy (non-hydrogen) atoms. The summed E-state index contributed by atoms with van der Waals surface area (Å²) in [4.78, 5) is 64.4. The molecule has 0 spiro atoms. The predicted octanol–water partition coefficient (Wildman–Crippen LogP) is 1.72. The Balaban J connectivity index is 1.99. The van der Waals surface area contributed by atoms with Gasteiger partial charge in [0, 0.05) is 13.3 Å². The smallest absolute Gasteiger partial charge is 0.252 e. The van der Waals surface area contributed by atoms with Gasteiger partial charge in [-0.3, -0.25) is 24.2 Å². The van der Waals surface area contributed by atoms with Crippen molar-refractivity contribution in [3.05, 3.63) is 42.2 Å². The number of carbonyl (C=O) groups excluding carboxylic acids is 4. The number of unbranched alkanes of at least 4 members (excludes halogenated alkanes) is 2. The third kappa shape index (κ3) is 14.5. The van der Waals surface area contributed by atoms with Crippen LogP contribution in [0.25, 0.3) is 0 Å². The molecular weight excluding hydrogens is 634 g/mol. The van der Waals surface area contributed by atoms with Crippen LogP contribution < -0.4 is 31.6 Å². The van der Waals surface area contributed by atoms with Crippen LogP contribution in [-0.2, 0) is 35.3 Å². The third-order valence-electron chi connectivity index (χ3n) is 7.77. The molecule has 2 aromatic rings. The Hall–Kier alpha value is -4.05. The highest BCUT2D eigenvalue weighted by Gasteiger charge is 2.33. The maximum atomic E-state index is 13.3. The zero-order valence-corrected chi connectivity index (χ0v) is 29.6. The molecule has 2 atom stereocenters. The molecule has 2 aromatic heterocycles. The van der Waals surface area contributed by atoms with Crippen molar-refractivity contribution in [3.8, 4) is 11.5 Å². The van der Waals surface area contributed by atoms with Crippen molar-refractivity contribution < 1.29 is 38.1 Å². The SMILES string of the molecule is COC(C)(C)C(=O)N[C@@H](CCCCN)C(=O)COc1cncc(COC(C)(C)C(=O)N[C@@H](CCCCN)C(=O)COc2cnc(C)nc2)c1. The fourth-order valence-electron chi connectivity index (χ4n) is 4.29. The molecule has 0 saturated carbocycles. The largest absolute Gasteiger partial charge is 0.484 e. The second-order valence-corrected chi connectivity index (χ2v) is 12.6. The van der Waals surface area contributed by atoms with Crippen LogP contribution in [0, 0.1) is 6.92 Å². The van der Waals surface area contributed by atoms with Crippen LogP contribution in [0.4, 0.5) is 0 Å². The molecule has 0 bridgehead atoms. The molecule has 0 saturated heterocycles. The number of aromatic nitrogens is 3. The van der Waals surface area contributed by atoms with E-state index in [1.807, 2.05) is 0 Å². The molecular formula is C34H53N7O8. The third-order valence-corrected chi connectivity index (χ3v) is 7.77. The van der Waals surface area contributed by atoms with Gasteiger partial charge in [-0.2, -0.15) is 0 Å². The van der Waals surface area contributed by atoms with Gasteiger partial charge in [-0.15, -0.1) is 0 Å². The summed E-state index contributed by atoms with van der Waals surface area (Å²) < 4.78 is 22.5. The summed E-state index contributed by atoms with van der Waals surface area (Å²) in [6, 6.07) is 0.0606. The van der Waals surface area contributed by atoms with Crippen LogP contribution in [0.1, 0.15) is 77.6 Å². The van der Waals surface area contributed by atoms with Gasteiger partial charge < -0.3 is 41.0 Å². The van der Waals surface area contributed by atoms with Crippen molar-refractivity contribution in [1.29, 1.82) is 0 Å². The highest BCUT2D eigenvalue weighted by atomic mass is 16.5. The first kappa shape index (κ1) is 41.1. The van der Waals surface area contributed by atoms with Crippen molar-refractivity contribution in [3.63, 3.8) is 0 Å². The number of nitrogens with zero attached hydrogens (tertiary/aromatic N) is 3.